The number of nitrogens with zero attached hydrogens (tertiary/aromatic N) is 3. The van der Waals surface area contributed by atoms with Crippen molar-refractivity contribution in [3.05, 3.63) is 35.6 Å². The summed E-state index contributed by atoms with van der Waals surface area (Å²) in [6.07, 6.45) is 0. The number of aryl methyl sites for hydroxylation is 1. The molecule has 5 nitrogen and oxygen atoms in total. The molecule has 0 spiro atoms. The van der Waals surface area contributed by atoms with Gasteiger partial charge in [-0.25, -0.2) is 15.0 Å². The quantitative estimate of drug-likeness (QED) is 0.781. The molecular formula is C16H18N4OS. The van der Waals surface area contributed by atoms with Crippen molar-refractivity contribution in [2.45, 2.75) is 19.9 Å². The molecule has 0 saturated carbocycles. The molecule has 2 heterocycles. The van der Waals surface area contributed by atoms with Crippen LogP contribution in [0.3, 0.4) is 0 Å². The van der Waals surface area contributed by atoms with Gasteiger partial charge in [-0.3, -0.25) is 0 Å². The SMILES string of the molecule is COCC(C)Nc1cc(-c2ccc3ncsc3c2)nc(C)n1. The smallest absolute Gasteiger partial charge is 0.130 e. The molecule has 0 aliphatic carbocycles. The molecule has 0 amide bonds. The Bertz CT molecular complexity index is 787. The van der Waals surface area contributed by atoms with Crippen LogP contribution in [-0.2, 0) is 4.74 Å². The number of anilines is 1. The van der Waals surface area contributed by atoms with Gasteiger partial charge in [-0.15, -0.1) is 11.3 Å². The van der Waals surface area contributed by atoms with Crippen LogP contribution in [-0.4, -0.2) is 34.7 Å². The first-order valence-electron chi connectivity index (χ1n) is 7.10. The summed E-state index contributed by atoms with van der Waals surface area (Å²) >= 11 is 1.64. The van der Waals surface area contributed by atoms with Crippen LogP contribution in [0.1, 0.15) is 12.7 Å². The summed E-state index contributed by atoms with van der Waals surface area (Å²) in [5.41, 5.74) is 4.87. The zero-order chi connectivity index (χ0) is 15.5. The summed E-state index contributed by atoms with van der Waals surface area (Å²) in [4.78, 5) is 13.3. The minimum absolute atomic E-state index is 0.191. The van der Waals surface area contributed by atoms with E-state index < -0.39 is 0 Å². The lowest BCUT2D eigenvalue weighted by Crippen LogP contribution is -2.21. The molecule has 1 atom stereocenters. The molecule has 3 aromatic rings. The molecule has 0 aliphatic rings. The second-order valence-corrected chi connectivity index (χ2v) is 6.11. The minimum atomic E-state index is 0.191. The van der Waals surface area contributed by atoms with Crippen LogP contribution in [0.2, 0.25) is 0 Å². The maximum Gasteiger partial charge on any atom is 0.130 e. The van der Waals surface area contributed by atoms with Gasteiger partial charge in [-0.2, -0.15) is 0 Å². The van der Waals surface area contributed by atoms with E-state index in [4.69, 9.17) is 4.74 Å². The Morgan fingerprint density at radius 3 is 2.95 bits per heavy atom. The number of thiazole rings is 1. The van der Waals surface area contributed by atoms with Crippen LogP contribution in [0, 0.1) is 6.92 Å². The molecule has 1 N–H and O–H groups in total. The van der Waals surface area contributed by atoms with E-state index >= 15 is 0 Å². The summed E-state index contributed by atoms with van der Waals surface area (Å²) in [6, 6.07) is 8.36. The van der Waals surface area contributed by atoms with Crippen molar-refractivity contribution in [1.29, 1.82) is 0 Å². The van der Waals surface area contributed by atoms with Crippen molar-refractivity contribution in [1.82, 2.24) is 15.0 Å². The fourth-order valence-corrected chi connectivity index (χ4v) is 3.06. The fourth-order valence-electron chi connectivity index (χ4n) is 2.35. The molecular weight excluding hydrogens is 296 g/mol. The predicted octanol–water partition coefficient (Wildman–Crippen LogP) is 3.51. The lowest BCUT2D eigenvalue weighted by Gasteiger charge is -2.14. The zero-order valence-corrected chi connectivity index (χ0v) is 13.6. The Morgan fingerprint density at radius 2 is 2.14 bits per heavy atom. The molecule has 0 fully saturated rings. The number of fused-ring (bicyclic) bond motifs is 1. The number of nitrogens with one attached hydrogen (secondary N) is 1. The van der Waals surface area contributed by atoms with Crippen LogP contribution in [0.25, 0.3) is 21.5 Å². The van der Waals surface area contributed by atoms with E-state index in [-0.39, 0.29) is 6.04 Å². The van der Waals surface area contributed by atoms with E-state index in [1.165, 1.54) is 0 Å². The highest BCUT2D eigenvalue weighted by molar-refractivity contribution is 7.16. The Balaban J connectivity index is 1.94. The van der Waals surface area contributed by atoms with Gasteiger partial charge in [0.2, 0.25) is 0 Å². The van der Waals surface area contributed by atoms with Crippen molar-refractivity contribution in [3.63, 3.8) is 0 Å². The second-order valence-electron chi connectivity index (χ2n) is 5.22. The Kier molecular flexibility index (Phi) is 4.31. The molecule has 2 aromatic heterocycles. The Hall–Kier alpha value is -2.05. The largest absolute Gasteiger partial charge is 0.383 e. The molecule has 0 aliphatic heterocycles. The highest BCUT2D eigenvalue weighted by atomic mass is 32.1. The molecule has 3 rings (SSSR count). The van der Waals surface area contributed by atoms with E-state index in [9.17, 15) is 0 Å². The van der Waals surface area contributed by atoms with Gasteiger partial charge in [0.25, 0.3) is 0 Å². The van der Waals surface area contributed by atoms with Crippen molar-refractivity contribution in [2.24, 2.45) is 0 Å². The summed E-state index contributed by atoms with van der Waals surface area (Å²) in [7, 11) is 1.69. The van der Waals surface area contributed by atoms with Gasteiger partial charge in [0.1, 0.15) is 11.6 Å². The standard InChI is InChI=1S/C16H18N4OS/c1-10(8-21-3)18-16-7-14(19-11(2)20-16)12-4-5-13-15(6-12)22-9-17-13/h4-7,9-10H,8H2,1-3H3,(H,18,19,20). The van der Waals surface area contributed by atoms with Crippen molar-refractivity contribution in [2.75, 3.05) is 19.0 Å². The molecule has 0 radical (unpaired) electrons. The average molecular weight is 314 g/mol. The molecule has 114 valence electrons. The number of hydrogen-bond donors (Lipinski definition) is 1. The first-order valence-corrected chi connectivity index (χ1v) is 7.98. The zero-order valence-electron chi connectivity index (χ0n) is 12.8. The molecule has 0 saturated heterocycles. The van der Waals surface area contributed by atoms with E-state index in [2.05, 4.69) is 33.3 Å². The number of methoxy groups -OCH3 is 1. The average Bonchev–Trinajstić information content (AvgIpc) is 2.94. The number of aromatic nitrogens is 3. The molecule has 6 heteroatoms. The summed E-state index contributed by atoms with van der Waals surface area (Å²) in [5, 5.41) is 3.34. The third-order valence-corrected chi connectivity index (χ3v) is 4.07. The normalized spacial score (nSPS) is 12.5. The topological polar surface area (TPSA) is 59.9 Å². The molecule has 0 bridgehead atoms. The van der Waals surface area contributed by atoms with E-state index in [0.29, 0.717) is 6.61 Å². The van der Waals surface area contributed by atoms with Gasteiger partial charge >= 0.3 is 0 Å². The second kappa shape index (κ2) is 6.37. The first-order chi connectivity index (χ1) is 10.7. The van der Waals surface area contributed by atoms with Gasteiger partial charge in [0.05, 0.1) is 28.0 Å². The Labute approximate surface area is 133 Å². The number of hydrogen-bond acceptors (Lipinski definition) is 6. The third-order valence-electron chi connectivity index (χ3n) is 3.28. The minimum Gasteiger partial charge on any atom is -0.383 e. The summed E-state index contributed by atoms with van der Waals surface area (Å²) < 4.78 is 6.31. The fraction of sp³-hybridized carbons (Fsp3) is 0.312. The maximum absolute atomic E-state index is 5.15. The van der Waals surface area contributed by atoms with Crippen molar-refractivity contribution >= 4 is 27.4 Å². The van der Waals surface area contributed by atoms with Gasteiger partial charge in [0.15, 0.2) is 0 Å². The molecule has 22 heavy (non-hydrogen) atoms. The van der Waals surface area contributed by atoms with Gasteiger partial charge in [-0.1, -0.05) is 6.07 Å². The van der Waals surface area contributed by atoms with Gasteiger partial charge in [-0.05, 0) is 26.0 Å². The highest BCUT2D eigenvalue weighted by Gasteiger charge is 2.08. The first kappa shape index (κ1) is 14.9. The number of rotatable bonds is 5. The van der Waals surface area contributed by atoms with E-state index in [1.54, 1.807) is 18.4 Å². The summed E-state index contributed by atoms with van der Waals surface area (Å²) in [6.45, 7) is 4.59. The maximum atomic E-state index is 5.15. The van der Waals surface area contributed by atoms with Crippen LogP contribution in [0.5, 0.6) is 0 Å². The van der Waals surface area contributed by atoms with E-state index in [1.807, 2.05) is 30.6 Å². The van der Waals surface area contributed by atoms with Crippen molar-refractivity contribution in [3.8, 4) is 11.3 Å². The lowest BCUT2D eigenvalue weighted by molar-refractivity contribution is 0.190. The monoisotopic (exact) mass is 314 g/mol. The lowest BCUT2D eigenvalue weighted by atomic mass is 10.1. The van der Waals surface area contributed by atoms with Crippen LogP contribution in [0.15, 0.2) is 29.8 Å². The van der Waals surface area contributed by atoms with Gasteiger partial charge < -0.3 is 10.1 Å². The van der Waals surface area contributed by atoms with Crippen LogP contribution < -0.4 is 5.32 Å². The van der Waals surface area contributed by atoms with Crippen LogP contribution in [0.4, 0.5) is 5.82 Å². The van der Waals surface area contributed by atoms with E-state index in [0.717, 1.165) is 33.1 Å². The Morgan fingerprint density at radius 1 is 1.27 bits per heavy atom. The highest BCUT2D eigenvalue weighted by Crippen LogP contribution is 2.26. The van der Waals surface area contributed by atoms with Crippen LogP contribution >= 0.6 is 11.3 Å². The summed E-state index contributed by atoms with van der Waals surface area (Å²) in [5.74, 6) is 1.56. The number of ether oxygens (including phenoxy) is 1. The van der Waals surface area contributed by atoms with Crippen molar-refractivity contribution < 1.29 is 4.74 Å². The third kappa shape index (κ3) is 3.23. The van der Waals surface area contributed by atoms with Gasteiger partial charge in [0, 0.05) is 24.8 Å². The molecule has 1 unspecified atom stereocenters. The molecule has 1 aromatic carbocycles. The predicted molar refractivity (Wildman–Crippen MR) is 90.3 cm³/mol. The number of benzene rings is 1.